The van der Waals surface area contributed by atoms with Gasteiger partial charge < -0.3 is 9.64 Å². The molecule has 0 aromatic heterocycles. The highest BCUT2D eigenvalue weighted by molar-refractivity contribution is 5.78. The number of amides is 1. The van der Waals surface area contributed by atoms with Gasteiger partial charge in [0.1, 0.15) is 5.69 Å². The largest absolute Gasteiger partial charge is 0.416 e. The molecule has 2 heterocycles. The van der Waals surface area contributed by atoms with Crippen LogP contribution in [-0.2, 0) is 20.5 Å². The molecule has 1 aromatic carbocycles. The van der Waals surface area contributed by atoms with Gasteiger partial charge in [-0.15, -0.1) is 0 Å². The number of nitro groups is 1. The molecule has 2 aliphatic rings. The zero-order chi connectivity index (χ0) is 21.0. The van der Waals surface area contributed by atoms with E-state index in [1.54, 1.807) is 4.90 Å². The van der Waals surface area contributed by atoms with Crippen molar-refractivity contribution >= 4 is 17.3 Å². The second kappa shape index (κ2) is 8.95. The molecule has 1 N–H and O–H groups in total. The molecule has 1 amide bonds. The van der Waals surface area contributed by atoms with Gasteiger partial charge >= 0.3 is 6.18 Å². The van der Waals surface area contributed by atoms with Crippen molar-refractivity contribution in [2.75, 3.05) is 24.6 Å². The predicted octanol–water partition coefficient (Wildman–Crippen LogP) is 3.40. The molecule has 2 fully saturated rings. The molecule has 160 valence electrons. The fraction of sp³-hybridized carbons (Fsp3) is 0.611. The first-order chi connectivity index (χ1) is 13.8. The lowest BCUT2D eigenvalue weighted by Gasteiger charge is -2.33. The number of nitrogens with one attached hydrogen (secondary N) is 1. The Morgan fingerprint density at radius 2 is 1.97 bits per heavy atom. The Hall–Kier alpha value is -2.40. The number of ether oxygens (including phenoxy) is 1. The number of carbonyl (C=O) groups is 1. The van der Waals surface area contributed by atoms with Crippen LogP contribution in [0.1, 0.15) is 37.7 Å². The highest BCUT2D eigenvalue weighted by atomic mass is 19.4. The number of hydrogen-bond donors (Lipinski definition) is 1. The van der Waals surface area contributed by atoms with Crippen molar-refractivity contribution in [3.05, 3.63) is 33.9 Å². The zero-order valence-corrected chi connectivity index (χ0v) is 15.6. The van der Waals surface area contributed by atoms with E-state index in [1.165, 1.54) is 0 Å². The van der Waals surface area contributed by atoms with Crippen LogP contribution in [0.5, 0.6) is 0 Å². The minimum atomic E-state index is -4.66. The molecule has 2 saturated heterocycles. The van der Waals surface area contributed by atoms with Crippen LogP contribution in [0.3, 0.4) is 0 Å². The summed E-state index contributed by atoms with van der Waals surface area (Å²) in [5.41, 5.74) is 0.872. The summed E-state index contributed by atoms with van der Waals surface area (Å²) in [6.07, 6.45) is -1.68. The smallest absolute Gasteiger partial charge is 0.366 e. The number of carbonyl (C=O) groups excluding carboxylic acids is 1. The van der Waals surface area contributed by atoms with Crippen molar-refractivity contribution in [1.29, 1.82) is 0 Å². The molecule has 2 aliphatic heterocycles. The molecule has 8 nitrogen and oxygen atoms in total. The summed E-state index contributed by atoms with van der Waals surface area (Å²) in [5, 5.41) is 11.3. The summed E-state index contributed by atoms with van der Waals surface area (Å²) in [7, 11) is 0. The second-order valence-electron chi connectivity index (χ2n) is 7.10. The Morgan fingerprint density at radius 1 is 1.24 bits per heavy atom. The fourth-order valence-electron chi connectivity index (χ4n) is 3.51. The molecule has 0 spiro atoms. The summed E-state index contributed by atoms with van der Waals surface area (Å²) >= 11 is 0. The Bertz CT molecular complexity index is 745. The van der Waals surface area contributed by atoms with Crippen LogP contribution in [-0.4, -0.2) is 36.8 Å². The van der Waals surface area contributed by atoms with Gasteiger partial charge in [-0.25, -0.2) is 10.3 Å². The molecular formula is C18H22F3N3O5. The normalized spacial score (nSPS) is 21.1. The maximum absolute atomic E-state index is 12.9. The zero-order valence-electron chi connectivity index (χ0n) is 15.6. The molecule has 1 unspecified atom stereocenters. The number of anilines is 1. The third kappa shape index (κ3) is 5.36. The van der Waals surface area contributed by atoms with E-state index in [-0.39, 0.29) is 17.5 Å². The van der Waals surface area contributed by atoms with Crippen molar-refractivity contribution in [2.24, 2.45) is 5.92 Å². The quantitative estimate of drug-likeness (QED) is 0.583. The average Bonchev–Trinajstić information content (AvgIpc) is 2.71. The monoisotopic (exact) mass is 417 g/mol. The maximum Gasteiger partial charge on any atom is 0.416 e. The van der Waals surface area contributed by atoms with E-state index in [0.717, 1.165) is 25.0 Å². The molecule has 3 rings (SSSR count). The third-order valence-electron chi connectivity index (χ3n) is 5.13. The highest BCUT2D eigenvalue weighted by Gasteiger charge is 2.35. The van der Waals surface area contributed by atoms with Gasteiger partial charge in [0.05, 0.1) is 10.5 Å². The second-order valence-corrected chi connectivity index (χ2v) is 7.10. The number of rotatable bonds is 5. The van der Waals surface area contributed by atoms with Crippen molar-refractivity contribution in [3.63, 3.8) is 0 Å². The van der Waals surface area contributed by atoms with E-state index in [0.29, 0.717) is 45.0 Å². The van der Waals surface area contributed by atoms with Crippen LogP contribution in [0.2, 0.25) is 0 Å². The predicted molar refractivity (Wildman–Crippen MR) is 95.9 cm³/mol. The van der Waals surface area contributed by atoms with Crippen LogP contribution < -0.4 is 10.4 Å². The first kappa shape index (κ1) is 21.3. The van der Waals surface area contributed by atoms with E-state index in [4.69, 9.17) is 9.57 Å². The summed E-state index contributed by atoms with van der Waals surface area (Å²) in [4.78, 5) is 29.6. The van der Waals surface area contributed by atoms with Crippen molar-refractivity contribution in [3.8, 4) is 0 Å². The van der Waals surface area contributed by atoms with Crippen molar-refractivity contribution in [2.45, 2.75) is 44.6 Å². The number of piperidine rings is 1. The number of hydroxylamine groups is 1. The molecule has 1 atom stereocenters. The number of alkyl halides is 3. The van der Waals surface area contributed by atoms with Crippen LogP contribution in [0.4, 0.5) is 24.5 Å². The number of nitrogens with zero attached hydrogens (tertiary/aromatic N) is 2. The number of benzene rings is 1. The first-order valence-corrected chi connectivity index (χ1v) is 9.43. The minimum absolute atomic E-state index is 0.119. The van der Waals surface area contributed by atoms with Gasteiger partial charge in [0.25, 0.3) is 5.69 Å². The Morgan fingerprint density at radius 3 is 2.55 bits per heavy atom. The standard InChI is InChI=1S/C18H22F3N3O5/c19-18(20,21)13-4-5-14(15(11-13)24(26)27)23-8-6-12(7-9-23)17(25)22-29-16-3-1-2-10-28-16/h4-5,11-12,16H,1-3,6-10H2,(H,22,25). The third-order valence-corrected chi connectivity index (χ3v) is 5.13. The van der Waals surface area contributed by atoms with Gasteiger partial charge in [0, 0.05) is 38.1 Å². The molecule has 29 heavy (non-hydrogen) atoms. The molecule has 1 aromatic rings. The Balaban J connectivity index is 1.58. The molecule has 11 heteroatoms. The summed E-state index contributed by atoms with van der Waals surface area (Å²) in [5.74, 6) is -0.635. The van der Waals surface area contributed by atoms with E-state index in [1.807, 2.05) is 0 Å². The number of halogens is 3. The topological polar surface area (TPSA) is 93.9 Å². The Labute approximate surface area is 165 Å². The van der Waals surface area contributed by atoms with Crippen LogP contribution in [0, 0.1) is 16.0 Å². The van der Waals surface area contributed by atoms with E-state index in [9.17, 15) is 28.1 Å². The number of hydrogen-bond acceptors (Lipinski definition) is 6. The average molecular weight is 417 g/mol. The molecule has 0 radical (unpaired) electrons. The van der Waals surface area contributed by atoms with E-state index in [2.05, 4.69) is 5.48 Å². The SMILES string of the molecule is O=C(NOC1CCCCO1)C1CCN(c2ccc(C(F)(F)F)cc2[N+](=O)[O-])CC1. The Kier molecular flexibility index (Phi) is 6.58. The lowest BCUT2D eigenvalue weighted by molar-refractivity contribution is -0.384. The maximum atomic E-state index is 12.9. The summed E-state index contributed by atoms with van der Waals surface area (Å²) in [6.45, 7) is 1.21. The molecule has 0 bridgehead atoms. The van der Waals surface area contributed by atoms with Crippen LogP contribution in [0.25, 0.3) is 0 Å². The lowest BCUT2D eigenvalue weighted by atomic mass is 9.95. The van der Waals surface area contributed by atoms with Gasteiger partial charge in [0.15, 0.2) is 6.29 Å². The number of nitro benzene ring substituents is 1. The van der Waals surface area contributed by atoms with Gasteiger partial charge in [-0.05, 0) is 37.8 Å². The highest BCUT2D eigenvalue weighted by Crippen LogP contribution is 2.37. The van der Waals surface area contributed by atoms with E-state index < -0.39 is 28.6 Å². The lowest BCUT2D eigenvalue weighted by Crippen LogP contribution is -2.42. The van der Waals surface area contributed by atoms with Crippen molar-refractivity contribution in [1.82, 2.24) is 5.48 Å². The van der Waals surface area contributed by atoms with Gasteiger partial charge in [-0.2, -0.15) is 13.2 Å². The van der Waals surface area contributed by atoms with Gasteiger partial charge in [0.2, 0.25) is 5.91 Å². The van der Waals surface area contributed by atoms with Gasteiger partial charge in [-0.1, -0.05) is 0 Å². The summed E-state index contributed by atoms with van der Waals surface area (Å²) < 4.78 is 43.9. The minimum Gasteiger partial charge on any atom is -0.366 e. The fourth-order valence-corrected chi connectivity index (χ4v) is 3.51. The van der Waals surface area contributed by atoms with Crippen molar-refractivity contribution < 1.29 is 32.5 Å². The first-order valence-electron chi connectivity index (χ1n) is 9.43. The molecular weight excluding hydrogens is 395 g/mol. The summed E-state index contributed by atoms with van der Waals surface area (Å²) in [6, 6.07) is 2.50. The van der Waals surface area contributed by atoms with Crippen LogP contribution >= 0.6 is 0 Å². The van der Waals surface area contributed by atoms with Gasteiger partial charge in [-0.3, -0.25) is 14.9 Å². The molecule has 0 saturated carbocycles. The van der Waals surface area contributed by atoms with E-state index >= 15 is 0 Å². The molecule has 0 aliphatic carbocycles. The van der Waals surface area contributed by atoms with Crippen LogP contribution in [0.15, 0.2) is 18.2 Å².